The minimum Gasteiger partial charge on any atom is -0.478 e. The number of aromatic nitrogens is 1. The molecule has 0 unspecified atom stereocenters. The number of hydrogen-bond acceptors (Lipinski definition) is 5. The van der Waals surface area contributed by atoms with E-state index in [1.54, 1.807) is 6.07 Å². The van der Waals surface area contributed by atoms with Gasteiger partial charge in [-0.1, -0.05) is 0 Å². The van der Waals surface area contributed by atoms with E-state index in [1.165, 1.54) is 12.3 Å². The van der Waals surface area contributed by atoms with Crippen molar-refractivity contribution in [3.05, 3.63) is 29.6 Å². The number of aromatic carboxylic acids is 1. The van der Waals surface area contributed by atoms with Crippen molar-refractivity contribution >= 4 is 11.9 Å². The van der Waals surface area contributed by atoms with E-state index in [2.05, 4.69) is 10.5 Å². The number of hydroxylamine groups is 1. The van der Waals surface area contributed by atoms with Gasteiger partial charge in [0, 0.05) is 6.20 Å². The van der Waals surface area contributed by atoms with Crippen molar-refractivity contribution in [1.82, 2.24) is 10.5 Å². The van der Waals surface area contributed by atoms with Crippen LogP contribution in [0.2, 0.25) is 0 Å². The predicted molar refractivity (Wildman–Crippen MR) is 53.2 cm³/mol. The van der Waals surface area contributed by atoms with E-state index >= 15 is 0 Å². The van der Waals surface area contributed by atoms with Gasteiger partial charge in [0.25, 0.3) is 0 Å². The molecule has 0 spiro atoms. The Morgan fingerprint density at radius 3 is 2.75 bits per heavy atom. The quantitative estimate of drug-likeness (QED) is 0.435. The van der Waals surface area contributed by atoms with Gasteiger partial charge in [-0.2, -0.15) is 5.48 Å². The summed E-state index contributed by atoms with van der Waals surface area (Å²) < 4.78 is 0. The second kappa shape index (κ2) is 5.79. The Labute approximate surface area is 91.2 Å². The molecule has 1 aromatic heterocycles. The standard InChI is InChI=1S/C9H11N3O4/c10-8(13)5-16-12-4-7-2-1-6(3-11-7)9(14)15/h1-3,12H,4-5H2,(H2,10,13)(H,14,15). The number of carbonyl (C=O) groups is 2. The highest BCUT2D eigenvalue weighted by atomic mass is 16.6. The fourth-order valence-electron chi connectivity index (χ4n) is 0.903. The molecule has 0 radical (unpaired) electrons. The summed E-state index contributed by atoms with van der Waals surface area (Å²) in [6.07, 6.45) is 1.24. The molecule has 7 heteroatoms. The highest BCUT2D eigenvalue weighted by Crippen LogP contribution is 1.99. The SMILES string of the molecule is NC(=O)CONCc1ccc(C(=O)O)cn1. The van der Waals surface area contributed by atoms with Crippen LogP contribution in [0.1, 0.15) is 16.1 Å². The average molecular weight is 225 g/mol. The van der Waals surface area contributed by atoms with Crippen molar-refractivity contribution in [2.45, 2.75) is 6.54 Å². The average Bonchev–Trinajstić information content (AvgIpc) is 2.25. The van der Waals surface area contributed by atoms with Crippen LogP contribution in [0.15, 0.2) is 18.3 Å². The van der Waals surface area contributed by atoms with E-state index in [0.717, 1.165) is 0 Å². The van der Waals surface area contributed by atoms with Crippen LogP contribution in [-0.4, -0.2) is 28.6 Å². The van der Waals surface area contributed by atoms with Gasteiger partial charge in [-0.15, -0.1) is 0 Å². The third kappa shape index (κ3) is 4.03. The van der Waals surface area contributed by atoms with Crippen LogP contribution >= 0.6 is 0 Å². The number of primary amides is 1. The molecule has 1 amide bonds. The number of carboxylic acids is 1. The molecule has 0 saturated carbocycles. The molecule has 0 bridgehead atoms. The van der Waals surface area contributed by atoms with Crippen molar-refractivity contribution in [2.24, 2.45) is 5.73 Å². The maximum absolute atomic E-state index is 10.5. The number of nitrogens with one attached hydrogen (secondary N) is 1. The summed E-state index contributed by atoms with van der Waals surface area (Å²) in [5.74, 6) is -1.61. The lowest BCUT2D eigenvalue weighted by atomic mass is 10.2. The Morgan fingerprint density at radius 1 is 1.50 bits per heavy atom. The van der Waals surface area contributed by atoms with Crippen LogP contribution in [0.4, 0.5) is 0 Å². The molecule has 86 valence electrons. The first kappa shape index (κ1) is 12.1. The molecule has 7 nitrogen and oxygen atoms in total. The lowest BCUT2D eigenvalue weighted by Crippen LogP contribution is -2.24. The van der Waals surface area contributed by atoms with Gasteiger partial charge in [-0.25, -0.2) is 4.79 Å². The van der Waals surface area contributed by atoms with Crippen LogP contribution in [0.5, 0.6) is 0 Å². The molecule has 0 aliphatic heterocycles. The fourth-order valence-corrected chi connectivity index (χ4v) is 0.903. The zero-order valence-corrected chi connectivity index (χ0v) is 8.34. The summed E-state index contributed by atoms with van der Waals surface area (Å²) in [5, 5.41) is 8.62. The van der Waals surface area contributed by atoms with Gasteiger partial charge in [-0.05, 0) is 12.1 Å². The third-order valence-corrected chi connectivity index (χ3v) is 1.64. The van der Waals surface area contributed by atoms with Crippen LogP contribution < -0.4 is 11.2 Å². The lowest BCUT2D eigenvalue weighted by molar-refractivity contribution is -0.125. The largest absolute Gasteiger partial charge is 0.478 e. The van der Waals surface area contributed by atoms with Crippen molar-refractivity contribution < 1.29 is 19.5 Å². The van der Waals surface area contributed by atoms with Gasteiger partial charge < -0.3 is 10.8 Å². The van der Waals surface area contributed by atoms with Crippen LogP contribution in [-0.2, 0) is 16.2 Å². The minimum absolute atomic E-state index is 0.113. The highest BCUT2D eigenvalue weighted by molar-refractivity contribution is 5.87. The van der Waals surface area contributed by atoms with Gasteiger partial charge in [-0.3, -0.25) is 14.6 Å². The van der Waals surface area contributed by atoms with Crippen molar-refractivity contribution in [2.75, 3.05) is 6.61 Å². The second-order valence-electron chi connectivity index (χ2n) is 2.92. The molecule has 4 N–H and O–H groups in total. The normalized spacial score (nSPS) is 10.0. The summed E-state index contributed by atoms with van der Waals surface area (Å²) in [4.78, 5) is 29.4. The van der Waals surface area contributed by atoms with E-state index in [-0.39, 0.29) is 18.7 Å². The summed E-state index contributed by atoms with van der Waals surface area (Å²) in [7, 11) is 0. The van der Waals surface area contributed by atoms with Crippen LogP contribution in [0, 0.1) is 0 Å². The Kier molecular flexibility index (Phi) is 4.37. The molecule has 1 rings (SSSR count). The molecule has 16 heavy (non-hydrogen) atoms. The van der Waals surface area contributed by atoms with Crippen molar-refractivity contribution in [1.29, 1.82) is 0 Å². The number of amides is 1. The molecule has 0 aliphatic rings. The topological polar surface area (TPSA) is 115 Å². The van der Waals surface area contributed by atoms with Crippen LogP contribution in [0.3, 0.4) is 0 Å². The zero-order chi connectivity index (χ0) is 12.0. The number of pyridine rings is 1. The maximum Gasteiger partial charge on any atom is 0.337 e. The van der Waals surface area contributed by atoms with Gasteiger partial charge >= 0.3 is 5.97 Å². The van der Waals surface area contributed by atoms with E-state index in [9.17, 15) is 9.59 Å². The van der Waals surface area contributed by atoms with Gasteiger partial charge in [0.2, 0.25) is 5.91 Å². The molecular formula is C9H11N3O4. The third-order valence-electron chi connectivity index (χ3n) is 1.64. The highest BCUT2D eigenvalue weighted by Gasteiger charge is 2.02. The molecule has 0 saturated heterocycles. The summed E-state index contributed by atoms with van der Waals surface area (Å²) in [6, 6.07) is 2.98. The molecule has 1 heterocycles. The number of nitrogens with zero attached hydrogens (tertiary/aromatic N) is 1. The lowest BCUT2D eigenvalue weighted by Gasteiger charge is -2.03. The predicted octanol–water partition coefficient (Wildman–Crippen LogP) is -0.714. The first-order valence-electron chi connectivity index (χ1n) is 4.41. The summed E-state index contributed by atoms with van der Waals surface area (Å²) >= 11 is 0. The van der Waals surface area contributed by atoms with Crippen molar-refractivity contribution in [3.63, 3.8) is 0 Å². The Bertz CT molecular complexity index is 377. The van der Waals surface area contributed by atoms with E-state index < -0.39 is 11.9 Å². The molecule has 0 aliphatic carbocycles. The fraction of sp³-hybridized carbons (Fsp3) is 0.222. The van der Waals surface area contributed by atoms with E-state index in [4.69, 9.17) is 15.7 Å². The Balaban J connectivity index is 2.38. The summed E-state index contributed by atoms with van der Waals surface area (Å²) in [6.45, 7) is 0.0282. The Morgan fingerprint density at radius 2 is 2.25 bits per heavy atom. The number of carbonyl (C=O) groups excluding carboxylic acids is 1. The smallest absolute Gasteiger partial charge is 0.337 e. The zero-order valence-electron chi connectivity index (χ0n) is 8.34. The Hall–Kier alpha value is -1.99. The number of carboxylic acid groups (broad SMARTS) is 1. The number of nitrogens with two attached hydrogens (primary N) is 1. The first-order chi connectivity index (χ1) is 7.59. The number of rotatable bonds is 6. The number of hydrogen-bond donors (Lipinski definition) is 3. The molecule has 0 atom stereocenters. The molecule has 0 fully saturated rings. The maximum atomic E-state index is 10.5. The van der Waals surface area contributed by atoms with Gasteiger partial charge in [0.15, 0.2) is 0 Å². The minimum atomic E-state index is -1.03. The van der Waals surface area contributed by atoms with Gasteiger partial charge in [0.05, 0.1) is 17.8 Å². The second-order valence-corrected chi connectivity index (χ2v) is 2.92. The first-order valence-corrected chi connectivity index (χ1v) is 4.41. The van der Waals surface area contributed by atoms with Crippen molar-refractivity contribution in [3.8, 4) is 0 Å². The van der Waals surface area contributed by atoms with E-state index in [1.807, 2.05) is 0 Å². The molecular weight excluding hydrogens is 214 g/mol. The molecule has 0 aromatic carbocycles. The molecule has 1 aromatic rings. The monoisotopic (exact) mass is 225 g/mol. The summed E-state index contributed by atoms with van der Waals surface area (Å²) in [5.41, 5.74) is 8.02. The van der Waals surface area contributed by atoms with E-state index in [0.29, 0.717) is 5.69 Å². The van der Waals surface area contributed by atoms with Crippen LogP contribution in [0.25, 0.3) is 0 Å². The van der Waals surface area contributed by atoms with Gasteiger partial charge in [0.1, 0.15) is 6.61 Å².